The van der Waals surface area contributed by atoms with Crippen molar-refractivity contribution < 1.29 is 19.4 Å². The van der Waals surface area contributed by atoms with Crippen LogP contribution >= 0.6 is 0 Å². The zero-order chi connectivity index (χ0) is 12.5. The van der Waals surface area contributed by atoms with Crippen molar-refractivity contribution in [3.63, 3.8) is 0 Å². The molecule has 1 aliphatic heterocycles. The molecule has 4 nitrogen and oxygen atoms in total. The Morgan fingerprint density at radius 1 is 0.556 bits per heavy atom. The van der Waals surface area contributed by atoms with Crippen molar-refractivity contribution in [1.82, 2.24) is 0 Å². The summed E-state index contributed by atoms with van der Waals surface area (Å²) in [5.74, 6) is -1.35. The van der Waals surface area contributed by atoms with Gasteiger partial charge in [-0.1, -0.05) is 36.4 Å². The van der Waals surface area contributed by atoms with Crippen LogP contribution in [0.25, 0.3) is 11.1 Å². The van der Waals surface area contributed by atoms with Gasteiger partial charge in [0.25, 0.3) is 0 Å². The van der Waals surface area contributed by atoms with Gasteiger partial charge in [-0.2, -0.15) is 0 Å². The normalized spacial score (nSPS) is 13.6. The summed E-state index contributed by atoms with van der Waals surface area (Å²) >= 11 is 0. The fourth-order valence-corrected chi connectivity index (χ4v) is 1.96. The van der Waals surface area contributed by atoms with Gasteiger partial charge in [0.1, 0.15) is 0 Å². The molecule has 0 amide bonds. The van der Waals surface area contributed by atoms with Gasteiger partial charge in [-0.15, -0.1) is 0 Å². The average Bonchev–Trinajstić information content (AvgIpc) is 2.43. The molecule has 18 heavy (non-hydrogen) atoms. The van der Waals surface area contributed by atoms with Crippen LogP contribution in [0.5, 0.6) is 0 Å². The fraction of sp³-hybridized carbons (Fsp3) is 0. The molecular weight excluding hydrogens is 232 g/mol. The quantitative estimate of drug-likeness (QED) is 0.664. The third-order valence-electron chi connectivity index (χ3n) is 2.78. The minimum Gasteiger partial charge on any atom is -0.241 e. The molecule has 2 aromatic rings. The number of benzene rings is 2. The van der Waals surface area contributed by atoms with E-state index in [1.54, 1.807) is 48.5 Å². The molecule has 88 valence electrons. The molecule has 2 aromatic carbocycles. The Morgan fingerprint density at radius 2 is 0.889 bits per heavy atom. The summed E-state index contributed by atoms with van der Waals surface area (Å²) in [7, 11) is 0. The van der Waals surface area contributed by atoms with Crippen LogP contribution in [-0.4, -0.2) is 11.9 Å². The molecule has 1 heterocycles. The topological polar surface area (TPSA) is 52.6 Å². The summed E-state index contributed by atoms with van der Waals surface area (Å²) in [5, 5.41) is 0. The van der Waals surface area contributed by atoms with Crippen LogP contribution < -0.4 is 0 Å². The Morgan fingerprint density at radius 3 is 1.28 bits per heavy atom. The minimum absolute atomic E-state index is 0.373. The first-order chi connectivity index (χ1) is 8.77. The molecule has 1 aliphatic rings. The second-order valence-corrected chi connectivity index (χ2v) is 3.83. The van der Waals surface area contributed by atoms with E-state index in [4.69, 9.17) is 0 Å². The summed E-state index contributed by atoms with van der Waals surface area (Å²) in [6.07, 6.45) is 0. The Labute approximate surface area is 103 Å². The van der Waals surface area contributed by atoms with Crippen molar-refractivity contribution >= 4 is 11.9 Å². The maximum absolute atomic E-state index is 11.7. The highest BCUT2D eigenvalue weighted by molar-refractivity contribution is 6.04. The highest BCUT2D eigenvalue weighted by Gasteiger charge is 2.24. The van der Waals surface area contributed by atoms with Crippen molar-refractivity contribution in [3.05, 3.63) is 59.7 Å². The molecule has 0 atom stereocenters. The van der Waals surface area contributed by atoms with Crippen molar-refractivity contribution in [2.75, 3.05) is 0 Å². The zero-order valence-corrected chi connectivity index (χ0v) is 9.25. The lowest BCUT2D eigenvalue weighted by atomic mass is 9.95. The average molecular weight is 240 g/mol. The van der Waals surface area contributed by atoms with Crippen LogP contribution in [-0.2, 0) is 9.78 Å². The molecule has 0 saturated carbocycles. The number of fused-ring (bicyclic) bond motifs is 3. The molecule has 0 aromatic heterocycles. The number of carbonyl (C=O) groups excluding carboxylic acids is 2. The Balaban J connectivity index is 2.33. The van der Waals surface area contributed by atoms with Crippen LogP contribution in [0.3, 0.4) is 0 Å². The van der Waals surface area contributed by atoms with Gasteiger partial charge in [-0.25, -0.2) is 19.4 Å². The molecular formula is C14H8O4. The predicted octanol–water partition coefficient (Wildman–Crippen LogP) is 2.60. The summed E-state index contributed by atoms with van der Waals surface area (Å²) in [6, 6.07) is 13.9. The highest BCUT2D eigenvalue weighted by atomic mass is 17.2. The monoisotopic (exact) mass is 240 g/mol. The van der Waals surface area contributed by atoms with Crippen molar-refractivity contribution in [1.29, 1.82) is 0 Å². The lowest BCUT2D eigenvalue weighted by Gasteiger charge is -2.14. The van der Waals surface area contributed by atoms with E-state index in [9.17, 15) is 9.59 Å². The Kier molecular flexibility index (Phi) is 2.34. The van der Waals surface area contributed by atoms with Gasteiger partial charge in [-0.3, -0.25) is 0 Å². The van der Waals surface area contributed by atoms with Gasteiger partial charge in [-0.05, 0) is 23.3 Å². The predicted molar refractivity (Wildman–Crippen MR) is 62.7 cm³/mol. The fourth-order valence-electron chi connectivity index (χ4n) is 1.96. The molecule has 0 aliphatic carbocycles. The SMILES string of the molecule is O=C1OOC(=O)c2ccccc2-c2ccccc21. The van der Waals surface area contributed by atoms with Gasteiger partial charge in [0.2, 0.25) is 0 Å². The van der Waals surface area contributed by atoms with Gasteiger partial charge < -0.3 is 0 Å². The third-order valence-corrected chi connectivity index (χ3v) is 2.78. The van der Waals surface area contributed by atoms with Crippen LogP contribution in [0.1, 0.15) is 20.7 Å². The second kappa shape index (κ2) is 4.00. The number of hydrogen-bond acceptors (Lipinski definition) is 4. The van der Waals surface area contributed by atoms with E-state index in [-0.39, 0.29) is 0 Å². The van der Waals surface area contributed by atoms with E-state index in [0.29, 0.717) is 22.3 Å². The smallest absolute Gasteiger partial charge is 0.241 e. The minimum atomic E-state index is -0.673. The van der Waals surface area contributed by atoms with E-state index in [2.05, 4.69) is 9.78 Å². The van der Waals surface area contributed by atoms with Gasteiger partial charge in [0.15, 0.2) is 0 Å². The molecule has 0 N–H and O–H groups in total. The van der Waals surface area contributed by atoms with Crippen LogP contribution in [0, 0.1) is 0 Å². The molecule has 0 spiro atoms. The number of rotatable bonds is 0. The highest BCUT2D eigenvalue weighted by Crippen LogP contribution is 2.29. The summed E-state index contributed by atoms with van der Waals surface area (Å²) in [5.41, 5.74) is 2.07. The van der Waals surface area contributed by atoms with Gasteiger partial charge >= 0.3 is 11.9 Å². The van der Waals surface area contributed by atoms with Crippen LogP contribution in [0.4, 0.5) is 0 Å². The van der Waals surface area contributed by atoms with Gasteiger partial charge in [0.05, 0.1) is 11.1 Å². The molecule has 3 rings (SSSR count). The van der Waals surface area contributed by atoms with Crippen molar-refractivity contribution in [2.45, 2.75) is 0 Å². The first-order valence-electron chi connectivity index (χ1n) is 5.39. The molecule has 0 radical (unpaired) electrons. The lowest BCUT2D eigenvalue weighted by Crippen LogP contribution is -2.16. The maximum atomic E-state index is 11.7. The summed E-state index contributed by atoms with van der Waals surface area (Å²) in [4.78, 5) is 32.4. The van der Waals surface area contributed by atoms with E-state index in [0.717, 1.165) is 0 Å². The lowest BCUT2D eigenvalue weighted by molar-refractivity contribution is -0.187. The molecule has 4 heteroatoms. The number of carbonyl (C=O) groups is 2. The maximum Gasteiger partial charge on any atom is 0.386 e. The zero-order valence-electron chi connectivity index (χ0n) is 9.25. The molecule has 0 bridgehead atoms. The molecule has 0 fully saturated rings. The summed E-state index contributed by atoms with van der Waals surface area (Å²) in [6.45, 7) is 0. The largest absolute Gasteiger partial charge is 0.386 e. The van der Waals surface area contributed by atoms with Crippen molar-refractivity contribution in [2.24, 2.45) is 0 Å². The standard InChI is InChI=1S/C14H8O4/c15-13-11-7-3-1-5-9(11)10-6-2-4-8-12(10)14(16)18-17-13/h1-8H. The molecule has 0 unspecified atom stereocenters. The van der Waals surface area contributed by atoms with E-state index < -0.39 is 11.9 Å². The van der Waals surface area contributed by atoms with E-state index >= 15 is 0 Å². The number of hydrogen-bond donors (Lipinski definition) is 0. The van der Waals surface area contributed by atoms with E-state index in [1.807, 2.05) is 0 Å². The second-order valence-electron chi connectivity index (χ2n) is 3.83. The van der Waals surface area contributed by atoms with Crippen LogP contribution in [0.15, 0.2) is 48.5 Å². The van der Waals surface area contributed by atoms with Crippen molar-refractivity contribution in [3.8, 4) is 11.1 Å². The van der Waals surface area contributed by atoms with Gasteiger partial charge in [0, 0.05) is 0 Å². The first kappa shape index (κ1) is 10.5. The van der Waals surface area contributed by atoms with E-state index in [1.165, 1.54) is 0 Å². The summed E-state index contributed by atoms with van der Waals surface area (Å²) < 4.78 is 0. The molecule has 0 saturated heterocycles. The first-order valence-corrected chi connectivity index (χ1v) is 5.39. The third kappa shape index (κ3) is 1.55. The van der Waals surface area contributed by atoms with Crippen LogP contribution in [0.2, 0.25) is 0 Å². The Hall–Kier alpha value is -2.62. The Bertz CT molecular complexity index is 588.